The van der Waals surface area contributed by atoms with Crippen molar-refractivity contribution in [2.75, 3.05) is 36.0 Å². The maximum Gasteiger partial charge on any atom is 0.270 e. The summed E-state index contributed by atoms with van der Waals surface area (Å²) < 4.78 is 0. The summed E-state index contributed by atoms with van der Waals surface area (Å²) in [6.07, 6.45) is 1.57. The molecule has 29 heavy (non-hydrogen) atoms. The van der Waals surface area contributed by atoms with Crippen molar-refractivity contribution in [3.63, 3.8) is 0 Å². The molecule has 2 aromatic heterocycles. The number of nitro groups is 1. The van der Waals surface area contributed by atoms with Crippen molar-refractivity contribution >= 4 is 51.4 Å². The van der Waals surface area contributed by atoms with E-state index in [2.05, 4.69) is 25.8 Å². The van der Waals surface area contributed by atoms with Gasteiger partial charge in [0.15, 0.2) is 0 Å². The number of halogens is 2. The summed E-state index contributed by atoms with van der Waals surface area (Å²) in [6.45, 7) is 2.68. The van der Waals surface area contributed by atoms with Crippen LogP contribution in [0.25, 0.3) is 10.9 Å². The van der Waals surface area contributed by atoms with Gasteiger partial charge < -0.3 is 9.80 Å². The minimum atomic E-state index is -0.482. The highest BCUT2D eigenvalue weighted by Crippen LogP contribution is 2.29. The van der Waals surface area contributed by atoms with Crippen LogP contribution < -0.4 is 9.80 Å². The van der Waals surface area contributed by atoms with Gasteiger partial charge in [-0.3, -0.25) is 10.1 Å². The first-order valence-electron chi connectivity index (χ1n) is 8.76. The first-order valence-corrected chi connectivity index (χ1v) is 9.52. The molecule has 3 aromatic rings. The number of nitro benzene ring substituents is 1. The van der Waals surface area contributed by atoms with E-state index in [1.165, 1.54) is 12.1 Å². The van der Waals surface area contributed by atoms with Gasteiger partial charge in [-0.05, 0) is 18.2 Å². The summed E-state index contributed by atoms with van der Waals surface area (Å²) in [7, 11) is 0. The number of anilines is 2. The van der Waals surface area contributed by atoms with Crippen molar-refractivity contribution in [1.82, 2.24) is 9.97 Å². The Morgan fingerprint density at radius 3 is 2.48 bits per heavy atom. The van der Waals surface area contributed by atoms with Crippen LogP contribution in [0.3, 0.4) is 0 Å². The van der Waals surface area contributed by atoms with Crippen LogP contribution in [-0.2, 0) is 0 Å². The van der Waals surface area contributed by atoms with Crippen molar-refractivity contribution in [1.29, 1.82) is 5.26 Å². The number of hydrogen-bond donors (Lipinski definition) is 0. The van der Waals surface area contributed by atoms with Crippen molar-refractivity contribution in [3.8, 4) is 6.07 Å². The van der Waals surface area contributed by atoms with Gasteiger partial charge in [0.2, 0.25) is 0 Å². The zero-order chi connectivity index (χ0) is 20.5. The molecule has 8 nitrogen and oxygen atoms in total. The van der Waals surface area contributed by atoms with E-state index in [9.17, 15) is 15.4 Å². The van der Waals surface area contributed by atoms with Crippen molar-refractivity contribution in [2.24, 2.45) is 0 Å². The molecule has 0 amide bonds. The highest BCUT2D eigenvalue weighted by atomic mass is 35.5. The summed E-state index contributed by atoms with van der Waals surface area (Å²) >= 11 is 12.2. The second-order valence-corrected chi connectivity index (χ2v) is 7.38. The Morgan fingerprint density at radius 2 is 1.83 bits per heavy atom. The van der Waals surface area contributed by atoms with Crippen LogP contribution >= 0.6 is 23.2 Å². The molecule has 0 N–H and O–H groups in total. The Kier molecular flexibility index (Phi) is 5.09. The number of benzene rings is 1. The maximum absolute atomic E-state index is 11.0. The second-order valence-electron chi connectivity index (χ2n) is 6.53. The van der Waals surface area contributed by atoms with E-state index in [1.54, 1.807) is 24.4 Å². The first kappa shape index (κ1) is 19.2. The number of aromatic nitrogens is 2. The first-order chi connectivity index (χ1) is 14.0. The molecule has 0 unspecified atom stereocenters. The molecule has 0 saturated carbocycles. The SMILES string of the molecule is N#Cc1cc(N2CCN(c3ncc(Cl)cc3Cl)CC2)nc2ccc([N+](=O)[O-])cc12. The highest BCUT2D eigenvalue weighted by molar-refractivity contribution is 6.36. The lowest BCUT2D eigenvalue weighted by Crippen LogP contribution is -2.47. The molecule has 1 aliphatic heterocycles. The normalized spacial score (nSPS) is 14.1. The van der Waals surface area contributed by atoms with Crippen molar-refractivity contribution < 1.29 is 4.92 Å². The Labute approximate surface area is 176 Å². The summed E-state index contributed by atoms with van der Waals surface area (Å²) in [5, 5.41) is 22.0. The summed E-state index contributed by atoms with van der Waals surface area (Å²) in [5.41, 5.74) is 0.845. The standard InChI is InChI=1S/C19H14Cl2N6O2/c20-13-8-16(21)19(23-11-13)26-5-3-25(4-6-26)18-7-12(10-22)15-9-14(27(28)29)1-2-17(15)24-18/h1-2,7-9,11H,3-6H2. The van der Waals surface area contributed by atoms with Crippen molar-refractivity contribution in [3.05, 3.63) is 62.3 Å². The third kappa shape index (κ3) is 3.75. The van der Waals surface area contributed by atoms with Gasteiger partial charge in [-0.25, -0.2) is 9.97 Å². The molecule has 0 spiro atoms. The Hall–Kier alpha value is -3.15. The molecule has 4 rings (SSSR count). The number of hydrogen-bond acceptors (Lipinski definition) is 7. The smallest absolute Gasteiger partial charge is 0.270 e. The third-order valence-corrected chi connectivity index (χ3v) is 5.29. The highest BCUT2D eigenvalue weighted by Gasteiger charge is 2.22. The van der Waals surface area contributed by atoms with Crippen LogP contribution in [-0.4, -0.2) is 41.1 Å². The summed E-state index contributed by atoms with van der Waals surface area (Å²) in [4.78, 5) is 23.6. The minimum Gasteiger partial charge on any atom is -0.353 e. The molecular formula is C19H14Cl2N6O2. The van der Waals surface area contributed by atoms with Crippen LogP contribution in [0.5, 0.6) is 0 Å². The minimum absolute atomic E-state index is 0.0653. The fourth-order valence-corrected chi connectivity index (χ4v) is 3.85. The van der Waals surface area contributed by atoms with E-state index in [4.69, 9.17) is 23.2 Å². The second kappa shape index (κ2) is 7.70. The number of non-ortho nitro benzene ring substituents is 1. The number of nitrogens with zero attached hydrogens (tertiary/aromatic N) is 6. The van der Waals surface area contributed by atoms with Crippen LogP contribution in [0.1, 0.15) is 5.56 Å². The van der Waals surface area contributed by atoms with Crippen LogP contribution in [0.15, 0.2) is 36.5 Å². The van der Waals surface area contributed by atoms with E-state index >= 15 is 0 Å². The maximum atomic E-state index is 11.0. The van der Waals surface area contributed by atoms with E-state index < -0.39 is 4.92 Å². The Morgan fingerprint density at radius 1 is 1.10 bits per heavy atom. The average molecular weight is 429 g/mol. The predicted molar refractivity (Wildman–Crippen MR) is 112 cm³/mol. The molecule has 1 fully saturated rings. The average Bonchev–Trinajstić information content (AvgIpc) is 2.72. The van der Waals surface area contributed by atoms with Gasteiger partial charge >= 0.3 is 0 Å². The fourth-order valence-electron chi connectivity index (χ4n) is 3.36. The van der Waals surface area contributed by atoms with Gasteiger partial charge in [-0.1, -0.05) is 23.2 Å². The molecule has 0 aliphatic carbocycles. The largest absolute Gasteiger partial charge is 0.353 e. The number of piperazine rings is 1. The molecule has 0 radical (unpaired) electrons. The zero-order valence-electron chi connectivity index (χ0n) is 15.0. The van der Waals surface area contributed by atoms with Gasteiger partial charge in [0.05, 0.1) is 32.1 Å². The molecule has 3 heterocycles. The lowest BCUT2D eigenvalue weighted by Gasteiger charge is -2.36. The quantitative estimate of drug-likeness (QED) is 0.458. The van der Waals surface area contributed by atoms with E-state index in [0.717, 1.165) is 0 Å². The van der Waals surface area contributed by atoms with E-state index in [-0.39, 0.29) is 5.69 Å². The van der Waals surface area contributed by atoms with Gasteiger partial charge in [0.25, 0.3) is 5.69 Å². The molecule has 1 saturated heterocycles. The molecule has 0 atom stereocenters. The number of rotatable bonds is 3. The topological polar surface area (TPSA) is 99.2 Å². The van der Waals surface area contributed by atoms with Gasteiger partial charge in [0.1, 0.15) is 11.6 Å². The van der Waals surface area contributed by atoms with Gasteiger partial charge in [0, 0.05) is 49.9 Å². The zero-order valence-corrected chi connectivity index (χ0v) is 16.6. The number of fused-ring (bicyclic) bond motifs is 1. The molecule has 0 bridgehead atoms. The van der Waals surface area contributed by atoms with E-state index in [0.29, 0.717) is 64.3 Å². The number of pyridine rings is 2. The molecule has 10 heteroatoms. The van der Waals surface area contributed by atoms with Gasteiger partial charge in [-0.2, -0.15) is 5.26 Å². The Balaban J connectivity index is 1.59. The molecule has 146 valence electrons. The lowest BCUT2D eigenvalue weighted by atomic mass is 10.1. The van der Waals surface area contributed by atoms with Crippen LogP contribution in [0.2, 0.25) is 10.0 Å². The molecule has 1 aromatic carbocycles. The van der Waals surface area contributed by atoms with Crippen LogP contribution in [0.4, 0.5) is 17.3 Å². The number of nitriles is 1. The molecule has 1 aliphatic rings. The third-order valence-electron chi connectivity index (χ3n) is 4.80. The van der Waals surface area contributed by atoms with E-state index in [1.807, 2.05) is 0 Å². The lowest BCUT2D eigenvalue weighted by molar-refractivity contribution is -0.384. The summed E-state index contributed by atoms with van der Waals surface area (Å²) in [6, 6.07) is 9.82. The fraction of sp³-hybridized carbons (Fsp3) is 0.211. The Bertz CT molecular complexity index is 1160. The summed E-state index contributed by atoms with van der Waals surface area (Å²) in [5.74, 6) is 1.35. The predicted octanol–water partition coefficient (Wildman–Crippen LogP) is 4.04. The monoisotopic (exact) mass is 428 g/mol. The van der Waals surface area contributed by atoms with Crippen LogP contribution in [0, 0.1) is 21.4 Å². The van der Waals surface area contributed by atoms with Gasteiger partial charge in [-0.15, -0.1) is 0 Å². The van der Waals surface area contributed by atoms with Crippen molar-refractivity contribution in [2.45, 2.75) is 0 Å². The molecular weight excluding hydrogens is 415 g/mol.